The first kappa shape index (κ1) is 21.5. The van der Waals surface area contributed by atoms with Gasteiger partial charge in [-0.3, -0.25) is 4.79 Å². The summed E-state index contributed by atoms with van der Waals surface area (Å²) in [5.41, 5.74) is 4.43. The Morgan fingerprint density at radius 2 is 1.66 bits per heavy atom. The van der Waals surface area contributed by atoms with Gasteiger partial charge in [0.05, 0.1) is 5.41 Å². The molecule has 152 valence electrons. The van der Waals surface area contributed by atoms with Gasteiger partial charge in [-0.1, -0.05) is 87.0 Å². The molecule has 0 fully saturated rings. The number of aromatic nitrogens is 2. The third kappa shape index (κ3) is 5.22. The summed E-state index contributed by atoms with van der Waals surface area (Å²) in [4.78, 5) is 13.1. The first-order valence-electron chi connectivity index (χ1n) is 9.71. The molecule has 3 aromatic rings. The predicted molar refractivity (Wildman–Crippen MR) is 121 cm³/mol. The highest BCUT2D eigenvalue weighted by molar-refractivity contribution is 7.13. The van der Waals surface area contributed by atoms with Crippen molar-refractivity contribution in [1.29, 1.82) is 0 Å². The van der Waals surface area contributed by atoms with Gasteiger partial charge in [-0.25, -0.2) is 0 Å². The molecule has 1 atom stereocenters. The fourth-order valence-electron chi connectivity index (χ4n) is 3.51. The van der Waals surface area contributed by atoms with Crippen molar-refractivity contribution in [2.75, 3.05) is 5.32 Å². The molecule has 0 aliphatic heterocycles. The van der Waals surface area contributed by atoms with Crippen molar-refractivity contribution in [3.8, 4) is 11.1 Å². The lowest BCUT2D eigenvalue weighted by molar-refractivity contribution is -0.125. The van der Waals surface area contributed by atoms with E-state index in [9.17, 15) is 4.79 Å². The van der Waals surface area contributed by atoms with E-state index in [-0.39, 0.29) is 11.8 Å². The molecule has 2 aromatic carbocycles. The average Bonchev–Trinajstić information content (AvgIpc) is 3.20. The van der Waals surface area contributed by atoms with E-state index in [0.29, 0.717) is 11.0 Å². The molecular formula is C23H26ClN3OS. The summed E-state index contributed by atoms with van der Waals surface area (Å²) in [7, 11) is 0. The van der Waals surface area contributed by atoms with Crippen LogP contribution in [-0.2, 0) is 4.79 Å². The van der Waals surface area contributed by atoms with Gasteiger partial charge < -0.3 is 5.32 Å². The van der Waals surface area contributed by atoms with Gasteiger partial charge in [-0.15, -0.1) is 10.2 Å². The first-order valence-corrected chi connectivity index (χ1v) is 11.0. The Hall–Kier alpha value is -2.24. The van der Waals surface area contributed by atoms with Crippen molar-refractivity contribution in [2.24, 2.45) is 11.3 Å². The molecular weight excluding hydrogens is 402 g/mol. The zero-order valence-electron chi connectivity index (χ0n) is 17.1. The first-order chi connectivity index (χ1) is 13.8. The third-order valence-electron chi connectivity index (χ3n) is 5.23. The molecule has 1 aromatic heterocycles. The van der Waals surface area contributed by atoms with Crippen LogP contribution in [-0.4, -0.2) is 16.1 Å². The van der Waals surface area contributed by atoms with Crippen LogP contribution in [0.3, 0.4) is 0 Å². The fraction of sp³-hybridized carbons (Fsp3) is 0.348. The summed E-state index contributed by atoms with van der Waals surface area (Å²) in [6.45, 7) is 8.38. The van der Waals surface area contributed by atoms with Crippen LogP contribution in [0.4, 0.5) is 5.13 Å². The lowest BCUT2D eigenvalue weighted by atomic mass is 9.70. The molecule has 6 heteroatoms. The Kier molecular flexibility index (Phi) is 6.70. The van der Waals surface area contributed by atoms with E-state index in [1.807, 2.05) is 38.1 Å². The zero-order valence-corrected chi connectivity index (χ0v) is 18.7. The van der Waals surface area contributed by atoms with Crippen LogP contribution in [0.1, 0.15) is 45.6 Å². The standard InChI is InChI=1S/C23H26ClN3OS/c1-15(2)13-20(23(3,4)21(28)26-22-27-25-14-29-22)18-7-5-16(6-8-18)17-9-11-19(24)12-10-17/h5-12,14-15,20H,13H2,1-4H3,(H,26,27,28). The number of halogens is 1. The van der Waals surface area contributed by atoms with Crippen molar-refractivity contribution in [2.45, 2.75) is 40.0 Å². The lowest BCUT2D eigenvalue weighted by Gasteiger charge is -2.34. The molecule has 0 bridgehead atoms. The second kappa shape index (κ2) is 9.06. The highest BCUT2D eigenvalue weighted by atomic mass is 35.5. The molecule has 0 radical (unpaired) electrons. The van der Waals surface area contributed by atoms with Crippen molar-refractivity contribution >= 4 is 34.0 Å². The minimum Gasteiger partial charge on any atom is -0.300 e. The van der Waals surface area contributed by atoms with E-state index in [0.717, 1.165) is 28.1 Å². The van der Waals surface area contributed by atoms with Crippen LogP contribution in [0.2, 0.25) is 5.02 Å². The van der Waals surface area contributed by atoms with Crippen LogP contribution < -0.4 is 5.32 Å². The van der Waals surface area contributed by atoms with Crippen LogP contribution in [0.15, 0.2) is 54.0 Å². The van der Waals surface area contributed by atoms with Crippen molar-refractivity contribution in [3.63, 3.8) is 0 Å². The maximum atomic E-state index is 13.1. The second-order valence-corrected chi connectivity index (χ2v) is 9.50. The van der Waals surface area contributed by atoms with E-state index in [1.165, 1.54) is 11.3 Å². The largest absolute Gasteiger partial charge is 0.300 e. The molecule has 29 heavy (non-hydrogen) atoms. The Morgan fingerprint density at radius 1 is 1.07 bits per heavy atom. The summed E-state index contributed by atoms with van der Waals surface area (Å²) in [6.07, 6.45) is 0.914. The van der Waals surface area contributed by atoms with Crippen LogP contribution in [0.5, 0.6) is 0 Å². The van der Waals surface area contributed by atoms with Crippen molar-refractivity contribution < 1.29 is 4.79 Å². The molecule has 0 saturated carbocycles. The summed E-state index contributed by atoms with van der Waals surface area (Å²) in [5, 5.41) is 11.9. The topological polar surface area (TPSA) is 54.9 Å². The highest BCUT2D eigenvalue weighted by Gasteiger charge is 2.38. The second-order valence-electron chi connectivity index (χ2n) is 8.23. The highest BCUT2D eigenvalue weighted by Crippen LogP contribution is 2.41. The summed E-state index contributed by atoms with van der Waals surface area (Å²) >= 11 is 7.33. The van der Waals surface area contributed by atoms with Crippen LogP contribution >= 0.6 is 22.9 Å². The molecule has 0 aliphatic carbocycles. The van der Waals surface area contributed by atoms with Gasteiger partial charge in [0, 0.05) is 5.02 Å². The quantitative estimate of drug-likeness (QED) is 0.459. The summed E-state index contributed by atoms with van der Waals surface area (Å²) in [6, 6.07) is 16.3. The minimum absolute atomic E-state index is 0.0401. The molecule has 1 heterocycles. The molecule has 1 N–H and O–H groups in total. The van der Waals surface area contributed by atoms with Gasteiger partial charge in [-0.05, 0) is 47.1 Å². The van der Waals surface area contributed by atoms with E-state index in [1.54, 1.807) is 5.51 Å². The maximum Gasteiger partial charge on any atom is 0.232 e. The maximum absolute atomic E-state index is 13.1. The minimum atomic E-state index is -0.599. The van der Waals surface area contributed by atoms with Crippen molar-refractivity contribution in [3.05, 3.63) is 64.6 Å². The normalized spacial score (nSPS) is 12.8. The number of hydrogen-bond acceptors (Lipinski definition) is 4. The molecule has 0 spiro atoms. The molecule has 3 rings (SSSR count). The molecule has 0 saturated heterocycles. The Labute approximate surface area is 181 Å². The fourth-order valence-corrected chi connectivity index (χ4v) is 4.08. The van der Waals surface area contributed by atoms with E-state index < -0.39 is 5.41 Å². The number of rotatable bonds is 7. The van der Waals surface area contributed by atoms with E-state index in [2.05, 4.69) is 53.6 Å². The summed E-state index contributed by atoms with van der Waals surface area (Å²) in [5.74, 6) is 0.501. The number of amides is 1. The van der Waals surface area contributed by atoms with Gasteiger partial charge in [-0.2, -0.15) is 0 Å². The van der Waals surface area contributed by atoms with Crippen LogP contribution in [0.25, 0.3) is 11.1 Å². The van der Waals surface area contributed by atoms with Crippen LogP contribution in [0, 0.1) is 11.3 Å². The number of carbonyl (C=O) groups excluding carboxylic acids is 1. The number of nitrogens with zero attached hydrogens (tertiary/aromatic N) is 2. The van der Waals surface area contributed by atoms with Crippen molar-refractivity contribution in [1.82, 2.24) is 10.2 Å². The SMILES string of the molecule is CC(C)CC(c1ccc(-c2ccc(Cl)cc2)cc1)C(C)(C)C(=O)Nc1nncs1. The van der Waals surface area contributed by atoms with E-state index >= 15 is 0 Å². The number of benzene rings is 2. The molecule has 1 unspecified atom stereocenters. The monoisotopic (exact) mass is 427 g/mol. The molecule has 0 aliphatic rings. The Balaban J connectivity index is 1.87. The average molecular weight is 428 g/mol. The zero-order chi connectivity index (χ0) is 21.0. The van der Waals surface area contributed by atoms with E-state index in [4.69, 9.17) is 11.6 Å². The number of carbonyl (C=O) groups is 1. The summed E-state index contributed by atoms with van der Waals surface area (Å²) < 4.78 is 0. The Morgan fingerprint density at radius 3 is 2.17 bits per heavy atom. The number of nitrogens with one attached hydrogen (secondary N) is 1. The third-order valence-corrected chi connectivity index (χ3v) is 6.09. The van der Waals surface area contributed by atoms with Gasteiger partial charge in [0.15, 0.2) is 0 Å². The predicted octanol–water partition coefficient (Wildman–Crippen LogP) is 6.65. The van der Waals surface area contributed by atoms with Gasteiger partial charge in [0.25, 0.3) is 0 Å². The smallest absolute Gasteiger partial charge is 0.232 e. The molecule has 4 nitrogen and oxygen atoms in total. The lowest BCUT2D eigenvalue weighted by Crippen LogP contribution is -2.37. The molecule has 1 amide bonds. The van der Waals surface area contributed by atoms with Gasteiger partial charge >= 0.3 is 0 Å². The number of anilines is 1. The van der Waals surface area contributed by atoms with Gasteiger partial charge in [0.2, 0.25) is 11.0 Å². The van der Waals surface area contributed by atoms with Gasteiger partial charge in [0.1, 0.15) is 5.51 Å². The Bertz CT molecular complexity index is 935. The number of hydrogen-bond donors (Lipinski definition) is 1.